The number of aromatic nitrogens is 8. The van der Waals surface area contributed by atoms with Gasteiger partial charge in [-0.3, -0.25) is 4.57 Å². The maximum atomic E-state index is 4.93. The normalized spacial score (nSPS) is 11.3. The van der Waals surface area contributed by atoms with Crippen molar-refractivity contribution in [3.05, 3.63) is 477 Å². The molecule has 0 radical (unpaired) electrons. The van der Waals surface area contributed by atoms with Crippen LogP contribution in [0, 0.1) is 0 Å². The van der Waals surface area contributed by atoms with E-state index in [1.54, 1.807) is 0 Å². The van der Waals surface area contributed by atoms with Crippen LogP contribution >= 0.6 is 79.6 Å². The largest absolute Gasteiger partial charge is 0.309 e. The van der Waals surface area contributed by atoms with E-state index in [2.05, 4.69) is 479 Å². The molecule has 128 heavy (non-hydrogen) atoms. The number of nitrogens with zero attached hydrogens (tertiary/aromatic N) is 8. The lowest BCUT2D eigenvalue weighted by molar-refractivity contribution is 0.953. The van der Waals surface area contributed by atoms with Gasteiger partial charge in [-0.2, -0.15) is 9.97 Å². The van der Waals surface area contributed by atoms with Crippen molar-refractivity contribution in [1.82, 2.24) is 37.8 Å². The van der Waals surface area contributed by atoms with E-state index < -0.39 is 0 Å². The van der Waals surface area contributed by atoms with Crippen molar-refractivity contribution < 1.29 is 0 Å². The van der Waals surface area contributed by atoms with E-state index in [4.69, 9.17) is 15.0 Å². The quantitative estimate of drug-likeness (QED) is 0.145. The number of para-hydroxylation sites is 6. The molecular weight excluding hydrogens is 1890 g/mol. The molecule has 0 aliphatic rings. The molecule has 0 amide bonds. The van der Waals surface area contributed by atoms with Crippen LogP contribution in [0.4, 0.5) is 0 Å². The fraction of sp³-hybridized carbons (Fsp3) is 0. The van der Waals surface area contributed by atoms with Crippen molar-refractivity contribution in [2.24, 2.45) is 0 Å². The topological polar surface area (TPSA) is 63.3 Å². The van der Waals surface area contributed by atoms with Crippen molar-refractivity contribution in [2.45, 2.75) is 0 Å². The lowest BCUT2D eigenvalue weighted by atomic mass is 10.1. The molecule has 0 spiro atoms. The molecule has 13 heteroatoms. The minimum Gasteiger partial charge on any atom is -0.309 e. The van der Waals surface area contributed by atoms with Crippen LogP contribution in [0.25, 0.3) is 194 Å². The van der Waals surface area contributed by atoms with Gasteiger partial charge in [0.15, 0.2) is 11.6 Å². The summed E-state index contributed by atoms with van der Waals surface area (Å²) in [7, 11) is 0. The standard InChI is InChI=1S/C27H17BrN4.2C24H16BrN.C22H14BrN.C18H12BrN/c28-20-15-16-22-21-13-7-8-14-23(21)32(24(22)17-20)27-30-25(18-9-3-1-4-10-18)29-26(31-27)19-11-5-2-6-12-19;25-19-13-14-22-21-11-4-5-12-23(21)26(24(22)16-19)20-10-6-9-18(15-20)17-7-2-1-3-8-17;25-19-12-15-22-21-8-4-5-9-23(21)26(24(22)16-19)20-13-10-18(11-14-20)17-6-2-1-3-7-17;23-17-10-12-20-19-7-3-4-8-21(19)24(22(20)14-17)18-11-9-15-5-1-2-6-16(15)13-18;19-13-10-11-16-15-8-4-5-9-17(15)20(18(16)12-13)14-6-2-1-3-7-14/h1-17H;2*1-16H;1-14H;1-12H. The van der Waals surface area contributed by atoms with E-state index in [0.29, 0.717) is 17.6 Å². The van der Waals surface area contributed by atoms with Crippen LogP contribution < -0.4 is 0 Å². The molecular formula is C115H75Br5N8. The summed E-state index contributed by atoms with van der Waals surface area (Å²) in [5.41, 5.74) is 23.5. The molecule has 0 aliphatic heterocycles. The highest BCUT2D eigenvalue weighted by Gasteiger charge is 2.21. The van der Waals surface area contributed by atoms with Crippen LogP contribution in [-0.2, 0) is 0 Å². The maximum Gasteiger partial charge on any atom is 0.238 e. The Kier molecular flexibility index (Phi) is 22.6. The van der Waals surface area contributed by atoms with Gasteiger partial charge in [0.1, 0.15) is 0 Å². The Bertz CT molecular complexity index is 8380. The van der Waals surface area contributed by atoms with Crippen LogP contribution in [0.1, 0.15) is 0 Å². The number of fused-ring (bicyclic) bond motifs is 16. The van der Waals surface area contributed by atoms with Crippen molar-refractivity contribution in [3.8, 4) is 73.7 Å². The maximum absolute atomic E-state index is 4.93. The first-order chi connectivity index (χ1) is 63.0. The predicted molar refractivity (Wildman–Crippen MR) is 555 cm³/mol. The summed E-state index contributed by atoms with van der Waals surface area (Å²) in [5, 5.41) is 15.1. The molecule has 25 rings (SSSR count). The molecule has 0 fully saturated rings. The highest BCUT2D eigenvalue weighted by atomic mass is 79.9. The first-order valence-electron chi connectivity index (χ1n) is 42.2. The molecule has 6 heterocycles. The number of benzene rings is 19. The molecule has 0 unspecified atom stereocenters. The summed E-state index contributed by atoms with van der Waals surface area (Å²) in [6, 6.07) is 159. The van der Waals surface area contributed by atoms with Crippen LogP contribution in [0.15, 0.2) is 477 Å². The first kappa shape index (κ1) is 80.9. The minimum atomic E-state index is 0.599. The SMILES string of the molecule is Brc1ccc2c3ccccc3n(-c3ccc(-c4ccccc4)cc3)c2c1.Brc1ccc2c3ccccc3n(-c3ccc4ccccc4c3)c2c1.Brc1ccc2c3ccccc3n(-c3cccc(-c4ccccc4)c3)c2c1.Brc1ccc2c3ccccc3n(-c3ccccc3)c2c1.Brc1ccc2c3ccccc3n(-c3nc(-c4ccccc4)nc(-c4ccccc4)n3)c2c1. The lowest BCUT2D eigenvalue weighted by Crippen LogP contribution is -2.06. The fourth-order valence-electron chi connectivity index (χ4n) is 17.7. The molecule has 6 aromatic heterocycles. The van der Waals surface area contributed by atoms with E-state index >= 15 is 0 Å². The summed E-state index contributed by atoms with van der Waals surface area (Å²) >= 11 is 18.1. The second kappa shape index (κ2) is 35.7. The predicted octanol–water partition coefficient (Wildman–Crippen LogP) is 33.7. The first-order valence-corrected chi connectivity index (χ1v) is 46.2. The Balaban J connectivity index is 0.0000000979. The summed E-state index contributed by atoms with van der Waals surface area (Å²) in [4.78, 5) is 14.7. The second-order valence-corrected chi connectivity index (χ2v) is 35.9. The second-order valence-electron chi connectivity index (χ2n) is 31.3. The third kappa shape index (κ3) is 15.9. The molecule has 610 valence electrons. The zero-order valence-corrected chi connectivity index (χ0v) is 76.7. The van der Waals surface area contributed by atoms with Gasteiger partial charge in [0.05, 0.1) is 55.2 Å². The smallest absolute Gasteiger partial charge is 0.238 e. The zero-order valence-electron chi connectivity index (χ0n) is 68.8. The summed E-state index contributed by atoms with van der Waals surface area (Å²) < 4.78 is 16.9. The van der Waals surface area contributed by atoms with Crippen molar-refractivity contribution in [2.75, 3.05) is 0 Å². The molecule has 19 aromatic carbocycles. The van der Waals surface area contributed by atoms with E-state index in [9.17, 15) is 0 Å². The van der Waals surface area contributed by atoms with Crippen molar-refractivity contribution in [3.63, 3.8) is 0 Å². The number of halogens is 5. The Morgan fingerprint density at radius 1 is 0.148 bits per heavy atom. The molecule has 0 saturated heterocycles. The highest BCUT2D eigenvalue weighted by molar-refractivity contribution is 9.11. The fourth-order valence-corrected chi connectivity index (χ4v) is 19.5. The monoisotopic (exact) mass is 1960 g/mol. The Morgan fingerprint density at radius 2 is 0.406 bits per heavy atom. The van der Waals surface area contributed by atoms with Gasteiger partial charge in [-0.25, -0.2) is 4.98 Å². The third-order valence-electron chi connectivity index (χ3n) is 23.5. The van der Waals surface area contributed by atoms with Gasteiger partial charge in [-0.15, -0.1) is 0 Å². The van der Waals surface area contributed by atoms with Gasteiger partial charge >= 0.3 is 0 Å². The van der Waals surface area contributed by atoms with Gasteiger partial charge in [-0.1, -0.05) is 395 Å². The van der Waals surface area contributed by atoms with E-state index in [1.165, 1.54) is 143 Å². The van der Waals surface area contributed by atoms with Crippen LogP contribution in [0.2, 0.25) is 0 Å². The van der Waals surface area contributed by atoms with Crippen molar-refractivity contribution >= 4 is 199 Å². The van der Waals surface area contributed by atoms with Gasteiger partial charge < -0.3 is 18.3 Å². The van der Waals surface area contributed by atoms with E-state index in [1.807, 2.05) is 78.9 Å². The average Bonchev–Trinajstić information content (AvgIpc) is 1.62. The van der Waals surface area contributed by atoms with Crippen LogP contribution in [0.5, 0.6) is 0 Å². The van der Waals surface area contributed by atoms with Crippen LogP contribution in [0.3, 0.4) is 0 Å². The Labute approximate surface area is 781 Å². The number of hydrogen-bond donors (Lipinski definition) is 0. The van der Waals surface area contributed by atoms with E-state index in [-0.39, 0.29) is 0 Å². The summed E-state index contributed by atoms with van der Waals surface area (Å²) in [5.74, 6) is 1.90. The summed E-state index contributed by atoms with van der Waals surface area (Å²) in [6.07, 6.45) is 0. The lowest BCUT2D eigenvalue weighted by Gasteiger charge is -2.10. The van der Waals surface area contributed by atoms with Gasteiger partial charge in [0, 0.05) is 110 Å². The molecule has 0 aliphatic carbocycles. The average molecular weight is 1970 g/mol. The van der Waals surface area contributed by atoms with Crippen LogP contribution in [-0.4, -0.2) is 37.8 Å². The molecule has 8 nitrogen and oxygen atoms in total. The zero-order chi connectivity index (χ0) is 86.1. The van der Waals surface area contributed by atoms with Gasteiger partial charge in [0.2, 0.25) is 5.95 Å². The highest BCUT2D eigenvalue weighted by Crippen LogP contribution is 2.42. The molecule has 25 aromatic rings. The molecule has 0 atom stereocenters. The third-order valence-corrected chi connectivity index (χ3v) is 26.0. The van der Waals surface area contributed by atoms with E-state index in [0.717, 1.165) is 55.3 Å². The minimum absolute atomic E-state index is 0.599. The Hall–Kier alpha value is -14.2. The molecule has 0 N–H and O–H groups in total. The molecule has 0 saturated carbocycles. The Morgan fingerprint density at radius 3 is 0.797 bits per heavy atom. The van der Waals surface area contributed by atoms with Gasteiger partial charge in [-0.05, 0) is 173 Å². The number of hydrogen-bond acceptors (Lipinski definition) is 3. The number of rotatable bonds is 9. The van der Waals surface area contributed by atoms with Gasteiger partial charge in [0.25, 0.3) is 0 Å². The summed E-state index contributed by atoms with van der Waals surface area (Å²) in [6.45, 7) is 0. The molecule has 0 bridgehead atoms. The van der Waals surface area contributed by atoms with Crippen molar-refractivity contribution in [1.29, 1.82) is 0 Å².